The normalized spacial score (nSPS) is 11.2. The Balaban J connectivity index is 1.24. The maximum absolute atomic E-state index is 12.4. The summed E-state index contributed by atoms with van der Waals surface area (Å²) in [5.74, 6) is 0.170. The van der Waals surface area contributed by atoms with E-state index in [2.05, 4.69) is 20.6 Å². The second-order valence-corrected chi connectivity index (χ2v) is 8.51. The molecule has 1 N–H and O–H groups in total. The number of para-hydroxylation sites is 2. The van der Waals surface area contributed by atoms with Gasteiger partial charge in [0, 0.05) is 28.3 Å². The van der Waals surface area contributed by atoms with Crippen molar-refractivity contribution in [3.05, 3.63) is 108 Å². The van der Waals surface area contributed by atoms with Crippen LogP contribution in [-0.2, 0) is 4.79 Å². The van der Waals surface area contributed by atoms with Crippen LogP contribution in [0.5, 0.6) is 5.75 Å². The summed E-state index contributed by atoms with van der Waals surface area (Å²) in [7, 11) is 0. The van der Waals surface area contributed by atoms with Gasteiger partial charge in [0.1, 0.15) is 10.9 Å². The Labute approximate surface area is 213 Å². The van der Waals surface area contributed by atoms with Gasteiger partial charge in [-0.1, -0.05) is 59.6 Å². The first-order valence-corrected chi connectivity index (χ1v) is 11.7. The number of nitrogens with one attached hydrogen (secondary N) is 1. The van der Waals surface area contributed by atoms with E-state index in [1.807, 2.05) is 92.0 Å². The highest BCUT2D eigenvalue weighted by atomic mass is 35.5. The number of ether oxygens (including phenoxy) is 1. The largest absolute Gasteiger partial charge is 0.483 e. The molecule has 0 spiro atoms. The molecule has 3 aromatic carbocycles. The number of carbonyl (C=O) groups is 1. The first-order chi connectivity index (χ1) is 17.6. The van der Waals surface area contributed by atoms with Gasteiger partial charge in [-0.05, 0) is 43.3 Å². The predicted octanol–water partition coefficient (Wildman–Crippen LogP) is 5.58. The number of benzene rings is 3. The monoisotopic (exact) mass is 495 g/mol. The number of aromatic nitrogens is 3. The van der Waals surface area contributed by atoms with E-state index in [-0.39, 0.29) is 6.61 Å². The van der Waals surface area contributed by atoms with Crippen LogP contribution in [0.4, 0.5) is 0 Å². The Morgan fingerprint density at radius 2 is 1.89 bits per heavy atom. The van der Waals surface area contributed by atoms with Crippen molar-refractivity contribution in [1.82, 2.24) is 20.2 Å². The molecule has 0 bridgehead atoms. The lowest BCUT2D eigenvalue weighted by Gasteiger charge is -2.09. The van der Waals surface area contributed by atoms with Crippen LogP contribution >= 0.6 is 11.6 Å². The first kappa shape index (κ1) is 23.3. The van der Waals surface area contributed by atoms with Crippen molar-refractivity contribution in [2.24, 2.45) is 5.10 Å². The van der Waals surface area contributed by atoms with Crippen LogP contribution in [0.2, 0.25) is 5.15 Å². The molecule has 0 atom stereocenters. The van der Waals surface area contributed by atoms with Crippen LogP contribution in [0.3, 0.4) is 0 Å². The standard InChI is InChI=1S/C28H22ClN5O2/c1-19-11-12-25-20(13-19)14-21(28(29)32-25)15-30-33-27(35)18-36-26-10-6-5-9-24(26)22-16-31-34(17-22)23-7-3-2-4-8-23/h2-17H,18H2,1H3,(H,33,35)/b30-15-. The molecule has 0 saturated heterocycles. The van der Waals surface area contributed by atoms with E-state index in [0.29, 0.717) is 16.5 Å². The second kappa shape index (κ2) is 10.4. The van der Waals surface area contributed by atoms with Gasteiger partial charge in [-0.25, -0.2) is 15.1 Å². The molecule has 5 rings (SSSR count). The average molecular weight is 496 g/mol. The van der Waals surface area contributed by atoms with Crippen LogP contribution in [0, 0.1) is 6.92 Å². The molecule has 0 aliphatic rings. The van der Waals surface area contributed by atoms with Crippen molar-refractivity contribution in [2.45, 2.75) is 6.92 Å². The van der Waals surface area contributed by atoms with Gasteiger partial charge in [0.05, 0.1) is 23.6 Å². The molecule has 7 nitrogen and oxygen atoms in total. The second-order valence-electron chi connectivity index (χ2n) is 8.15. The number of fused-ring (bicyclic) bond motifs is 1. The van der Waals surface area contributed by atoms with Crippen LogP contribution in [-0.4, -0.2) is 33.5 Å². The zero-order valence-electron chi connectivity index (χ0n) is 19.4. The van der Waals surface area contributed by atoms with Gasteiger partial charge in [-0.2, -0.15) is 10.2 Å². The number of aryl methyl sites for hydroxylation is 1. The highest BCUT2D eigenvalue weighted by molar-refractivity contribution is 6.32. The molecule has 5 aromatic rings. The van der Waals surface area contributed by atoms with Crippen molar-refractivity contribution >= 4 is 34.6 Å². The van der Waals surface area contributed by atoms with Crippen molar-refractivity contribution < 1.29 is 9.53 Å². The minimum atomic E-state index is -0.401. The third-order valence-corrected chi connectivity index (χ3v) is 5.81. The molecule has 0 radical (unpaired) electrons. The van der Waals surface area contributed by atoms with Crippen molar-refractivity contribution in [3.63, 3.8) is 0 Å². The molecule has 0 unspecified atom stereocenters. The van der Waals surface area contributed by atoms with E-state index >= 15 is 0 Å². The molecular weight excluding hydrogens is 474 g/mol. The number of hydrazone groups is 1. The van der Waals surface area contributed by atoms with E-state index in [4.69, 9.17) is 16.3 Å². The Hall–Kier alpha value is -4.49. The van der Waals surface area contributed by atoms with Crippen molar-refractivity contribution in [3.8, 4) is 22.6 Å². The van der Waals surface area contributed by atoms with Gasteiger partial charge >= 0.3 is 0 Å². The molecule has 2 heterocycles. The summed E-state index contributed by atoms with van der Waals surface area (Å²) in [6.45, 7) is 1.81. The van der Waals surface area contributed by atoms with Gasteiger partial charge in [0.25, 0.3) is 5.91 Å². The topological polar surface area (TPSA) is 81.4 Å². The average Bonchev–Trinajstić information content (AvgIpc) is 3.39. The molecule has 0 fully saturated rings. The van der Waals surface area contributed by atoms with Crippen LogP contribution < -0.4 is 10.2 Å². The summed E-state index contributed by atoms with van der Waals surface area (Å²) in [6.07, 6.45) is 5.16. The lowest BCUT2D eigenvalue weighted by molar-refractivity contribution is -0.123. The van der Waals surface area contributed by atoms with Crippen LogP contribution in [0.1, 0.15) is 11.1 Å². The van der Waals surface area contributed by atoms with Gasteiger partial charge in [0.2, 0.25) is 0 Å². The fraction of sp³-hybridized carbons (Fsp3) is 0.0714. The van der Waals surface area contributed by atoms with E-state index in [1.54, 1.807) is 10.9 Å². The number of carbonyl (C=O) groups excluding carboxylic acids is 1. The zero-order chi connectivity index (χ0) is 24.9. The molecule has 0 aliphatic heterocycles. The van der Waals surface area contributed by atoms with Crippen LogP contribution in [0.25, 0.3) is 27.7 Å². The summed E-state index contributed by atoms with van der Waals surface area (Å²) in [6, 6.07) is 25.1. The molecule has 1 amide bonds. The summed E-state index contributed by atoms with van der Waals surface area (Å²) < 4.78 is 7.60. The Morgan fingerprint density at radius 3 is 2.75 bits per heavy atom. The maximum atomic E-state index is 12.4. The van der Waals surface area contributed by atoms with Crippen LogP contribution in [0.15, 0.2) is 96.4 Å². The number of halogens is 1. The van der Waals surface area contributed by atoms with E-state index in [1.165, 1.54) is 6.21 Å². The summed E-state index contributed by atoms with van der Waals surface area (Å²) in [5, 5.41) is 9.72. The number of hydrogen-bond acceptors (Lipinski definition) is 5. The summed E-state index contributed by atoms with van der Waals surface area (Å²) in [4.78, 5) is 16.8. The molecule has 0 aliphatic carbocycles. The lowest BCUT2D eigenvalue weighted by atomic mass is 10.1. The fourth-order valence-electron chi connectivity index (χ4n) is 3.74. The van der Waals surface area contributed by atoms with E-state index in [0.717, 1.165) is 33.3 Å². The van der Waals surface area contributed by atoms with Crippen molar-refractivity contribution in [2.75, 3.05) is 6.61 Å². The fourth-order valence-corrected chi connectivity index (χ4v) is 3.94. The number of nitrogens with zero attached hydrogens (tertiary/aromatic N) is 4. The minimum Gasteiger partial charge on any atom is -0.483 e. The van der Waals surface area contributed by atoms with Gasteiger partial charge in [-0.3, -0.25) is 4.79 Å². The van der Waals surface area contributed by atoms with Gasteiger partial charge in [-0.15, -0.1) is 0 Å². The zero-order valence-corrected chi connectivity index (χ0v) is 20.2. The highest BCUT2D eigenvalue weighted by Gasteiger charge is 2.11. The SMILES string of the molecule is Cc1ccc2nc(Cl)c(/C=N\NC(=O)COc3ccccc3-c3cnn(-c4ccccc4)c3)cc2c1. The maximum Gasteiger partial charge on any atom is 0.277 e. The first-order valence-electron chi connectivity index (χ1n) is 11.3. The molecule has 178 valence electrons. The Morgan fingerprint density at radius 1 is 1.08 bits per heavy atom. The number of rotatable bonds is 7. The molecule has 0 saturated carbocycles. The van der Waals surface area contributed by atoms with Crippen molar-refractivity contribution in [1.29, 1.82) is 0 Å². The smallest absolute Gasteiger partial charge is 0.277 e. The third kappa shape index (κ3) is 5.26. The number of amides is 1. The molecule has 36 heavy (non-hydrogen) atoms. The molecular formula is C28H22ClN5O2. The van der Waals surface area contributed by atoms with E-state index in [9.17, 15) is 4.79 Å². The predicted molar refractivity (Wildman–Crippen MR) is 142 cm³/mol. The van der Waals surface area contributed by atoms with E-state index < -0.39 is 5.91 Å². The lowest BCUT2D eigenvalue weighted by Crippen LogP contribution is -2.24. The minimum absolute atomic E-state index is 0.204. The Kier molecular flexibility index (Phi) is 6.73. The Bertz CT molecular complexity index is 1560. The number of pyridine rings is 1. The third-order valence-electron chi connectivity index (χ3n) is 5.50. The van der Waals surface area contributed by atoms with Gasteiger partial charge in [0.15, 0.2) is 6.61 Å². The molecule has 2 aromatic heterocycles. The molecule has 8 heteroatoms. The number of hydrogen-bond donors (Lipinski definition) is 1. The quantitative estimate of drug-likeness (QED) is 0.181. The highest BCUT2D eigenvalue weighted by Crippen LogP contribution is 2.30. The van der Waals surface area contributed by atoms with Gasteiger partial charge < -0.3 is 4.74 Å². The summed E-state index contributed by atoms with van der Waals surface area (Å²) >= 11 is 6.27. The summed E-state index contributed by atoms with van der Waals surface area (Å²) in [5.41, 5.74) is 7.67.